The maximum Gasteiger partial charge on any atom is 0.222 e. The van der Waals surface area contributed by atoms with Gasteiger partial charge in [-0.3, -0.25) is 4.98 Å². The smallest absolute Gasteiger partial charge is 0.222 e. The van der Waals surface area contributed by atoms with Crippen LogP contribution >= 0.6 is 0 Å². The summed E-state index contributed by atoms with van der Waals surface area (Å²) in [5.74, 6) is 1.10. The first-order valence-corrected chi connectivity index (χ1v) is 8.66. The number of hydrogen-bond acceptors (Lipinski definition) is 7. The van der Waals surface area contributed by atoms with Gasteiger partial charge in [-0.2, -0.15) is 4.98 Å². The first-order chi connectivity index (χ1) is 12.7. The number of ether oxygens (including phenoxy) is 1. The SMILES string of the molecule is CCC[C@@H](CO)Nc1nc(N)ncc1OCc1nccc2ccccc12. The topological polar surface area (TPSA) is 106 Å². The highest BCUT2D eigenvalue weighted by Crippen LogP contribution is 2.25. The third kappa shape index (κ3) is 4.18. The molecule has 3 aromatic rings. The highest BCUT2D eigenvalue weighted by molar-refractivity contribution is 5.84. The van der Waals surface area contributed by atoms with E-state index in [1.807, 2.05) is 30.3 Å². The minimum atomic E-state index is -0.118. The van der Waals surface area contributed by atoms with Crippen molar-refractivity contribution in [2.24, 2.45) is 0 Å². The summed E-state index contributed by atoms with van der Waals surface area (Å²) in [6.07, 6.45) is 5.05. The molecule has 2 aromatic heterocycles. The van der Waals surface area contributed by atoms with Gasteiger partial charge in [0.15, 0.2) is 11.6 Å². The molecule has 0 bridgehead atoms. The Morgan fingerprint density at radius 2 is 2.08 bits per heavy atom. The van der Waals surface area contributed by atoms with Crippen LogP contribution in [0.5, 0.6) is 5.75 Å². The lowest BCUT2D eigenvalue weighted by Gasteiger charge is -2.18. The molecular formula is C19H23N5O2. The fourth-order valence-corrected chi connectivity index (χ4v) is 2.79. The Morgan fingerprint density at radius 1 is 1.23 bits per heavy atom. The first kappa shape index (κ1) is 17.9. The maximum atomic E-state index is 9.52. The molecule has 1 aromatic carbocycles. The van der Waals surface area contributed by atoms with Crippen LogP contribution in [0.4, 0.5) is 11.8 Å². The van der Waals surface area contributed by atoms with Gasteiger partial charge in [0.2, 0.25) is 5.95 Å². The minimum Gasteiger partial charge on any atom is -0.482 e. The summed E-state index contributed by atoms with van der Waals surface area (Å²) in [5.41, 5.74) is 6.54. The summed E-state index contributed by atoms with van der Waals surface area (Å²) in [6, 6.07) is 9.87. The van der Waals surface area contributed by atoms with E-state index >= 15 is 0 Å². The number of aromatic nitrogens is 3. The highest BCUT2D eigenvalue weighted by Gasteiger charge is 2.14. The van der Waals surface area contributed by atoms with Crippen molar-refractivity contribution in [3.63, 3.8) is 0 Å². The predicted molar refractivity (Wildman–Crippen MR) is 102 cm³/mol. The average Bonchev–Trinajstić information content (AvgIpc) is 2.67. The second kappa shape index (κ2) is 8.44. The predicted octanol–water partition coefficient (Wildman–Crippen LogP) is 2.76. The fraction of sp³-hybridized carbons (Fsp3) is 0.316. The minimum absolute atomic E-state index is 0.00205. The molecule has 136 valence electrons. The fourth-order valence-electron chi connectivity index (χ4n) is 2.79. The Morgan fingerprint density at radius 3 is 2.88 bits per heavy atom. The molecule has 1 atom stereocenters. The van der Waals surface area contributed by atoms with Crippen LogP contribution in [-0.2, 0) is 6.61 Å². The number of nitrogens with two attached hydrogens (primary N) is 1. The largest absolute Gasteiger partial charge is 0.482 e. The molecule has 0 spiro atoms. The number of nitrogen functional groups attached to an aromatic ring is 1. The van der Waals surface area contributed by atoms with Crippen molar-refractivity contribution in [1.82, 2.24) is 15.0 Å². The van der Waals surface area contributed by atoms with E-state index in [1.54, 1.807) is 6.20 Å². The molecule has 0 fully saturated rings. The summed E-state index contributed by atoms with van der Waals surface area (Å²) < 4.78 is 5.92. The monoisotopic (exact) mass is 353 g/mol. The number of aliphatic hydroxyl groups excluding tert-OH is 1. The zero-order valence-corrected chi connectivity index (χ0v) is 14.7. The lowest BCUT2D eigenvalue weighted by molar-refractivity contribution is 0.266. The van der Waals surface area contributed by atoms with Crippen molar-refractivity contribution in [3.05, 3.63) is 48.4 Å². The maximum absolute atomic E-state index is 9.52. The number of nitrogens with zero attached hydrogens (tertiary/aromatic N) is 3. The standard InChI is InChI=1S/C19H23N5O2/c1-2-5-14(11-25)23-18-17(10-22-19(20)24-18)26-12-16-15-7-4-3-6-13(15)8-9-21-16/h3-4,6-10,14,25H,2,5,11-12H2,1H3,(H3,20,22,23,24)/t14-/m0/s1. The molecule has 4 N–H and O–H groups in total. The van der Waals surface area contributed by atoms with E-state index in [9.17, 15) is 5.11 Å². The average molecular weight is 353 g/mol. The van der Waals surface area contributed by atoms with E-state index in [4.69, 9.17) is 10.5 Å². The number of rotatable bonds is 8. The summed E-state index contributed by atoms with van der Waals surface area (Å²) in [5, 5.41) is 14.9. The van der Waals surface area contributed by atoms with Crippen molar-refractivity contribution in [1.29, 1.82) is 0 Å². The molecule has 3 rings (SSSR count). The molecule has 0 radical (unpaired) electrons. The van der Waals surface area contributed by atoms with Crippen molar-refractivity contribution in [3.8, 4) is 5.75 Å². The molecule has 0 aliphatic rings. The third-order valence-corrected chi connectivity index (χ3v) is 4.09. The van der Waals surface area contributed by atoms with Gasteiger partial charge >= 0.3 is 0 Å². The summed E-state index contributed by atoms with van der Waals surface area (Å²) >= 11 is 0. The molecule has 0 aliphatic carbocycles. The van der Waals surface area contributed by atoms with Crippen LogP contribution in [0, 0.1) is 0 Å². The van der Waals surface area contributed by atoms with E-state index < -0.39 is 0 Å². The lowest BCUT2D eigenvalue weighted by Crippen LogP contribution is -2.24. The lowest BCUT2D eigenvalue weighted by atomic mass is 10.1. The second-order valence-corrected chi connectivity index (χ2v) is 6.02. The number of hydrogen-bond donors (Lipinski definition) is 3. The van der Waals surface area contributed by atoms with E-state index in [-0.39, 0.29) is 25.2 Å². The van der Waals surface area contributed by atoms with E-state index in [1.165, 1.54) is 6.20 Å². The number of pyridine rings is 1. The Balaban J connectivity index is 1.81. The molecule has 7 heteroatoms. The quantitative estimate of drug-likeness (QED) is 0.571. The molecule has 2 heterocycles. The second-order valence-electron chi connectivity index (χ2n) is 6.02. The number of nitrogens with one attached hydrogen (secondary N) is 1. The van der Waals surface area contributed by atoms with Gasteiger partial charge in [0.25, 0.3) is 0 Å². The van der Waals surface area contributed by atoms with Gasteiger partial charge in [0, 0.05) is 11.6 Å². The summed E-state index contributed by atoms with van der Waals surface area (Å²) in [6.45, 7) is 2.34. The van der Waals surface area contributed by atoms with Gasteiger partial charge < -0.3 is 20.9 Å². The van der Waals surface area contributed by atoms with Crippen LogP contribution in [0.2, 0.25) is 0 Å². The van der Waals surface area contributed by atoms with Crippen molar-refractivity contribution in [2.45, 2.75) is 32.4 Å². The highest BCUT2D eigenvalue weighted by atomic mass is 16.5. The van der Waals surface area contributed by atoms with Crippen molar-refractivity contribution in [2.75, 3.05) is 17.7 Å². The van der Waals surface area contributed by atoms with Crippen LogP contribution in [0.15, 0.2) is 42.7 Å². The molecule has 7 nitrogen and oxygen atoms in total. The zero-order valence-electron chi connectivity index (χ0n) is 14.7. The van der Waals surface area contributed by atoms with Gasteiger partial charge in [-0.15, -0.1) is 0 Å². The van der Waals surface area contributed by atoms with E-state index in [0.717, 1.165) is 29.3 Å². The van der Waals surface area contributed by atoms with Gasteiger partial charge in [0.05, 0.1) is 24.5 Å². The Bertz CT molecular complexity index is 866. The molecule has 0 amide bonds. The Hall–Kier alpha value is -2.93. The summed E-state index contributed by atoms with van der Waals surface area (Å²) in [4.78, 5) is 12.7. The zero-order chi connectivity index (χ0) is 18.4. The number of aliphatic hydroxyl groups is 1. The molecule has 26 heavy (non-hydrogen) atoms. The molecular weight excluding hydrogens is 330 g/mol. The Kier molecular flexibility index (Phi) is 5.80. The summed E-state index contributed by atoms with van der Waals surface area (Å²) in [7, 11) is 0. The van der Waals surface area contributed by atoms with Crippen LogP contribution in [0.1, 0.15) is 25.5 Å². The first-order valence-electron chi connectivity index (χ1n) is 8.66. The van der Waals surface area contributed by atoms with Crippen molar-refractivity contribution >= 4 is 22.5 Å². The van der Waals surface area contributed by atoms with Crippen molar-refractivity contribution < 1.29 is 9.84 Å². The third-order valence-electron chi connectivity index (χ3n) is 4.09. The van der Waals surface area contributed by atoms with Gasteiger partial charge in [-0.25, -0.2) is 4.98 Å². The van der Waals surface area contributed by atoms with E-state index in [2.05, 4.69) is 27.2 Å². The number of fused-ring (bicyclic) bond motifs is 1. The molecule has 0 aliphatic heterocycles. The Labute approximate surface area is 152 Å². The van der Waals surface area contributed by atoms with E-state index in [0.29, 0.717) is 11.6 Å². The van der Waals surface area contributed by atoms with Gasteiger partial charge in [-0.1, -0.05) is 37.6 Å². The number of benzene rings is 1. The van der Waals surface area contributed by atoms with Gasteiger partial charge in [-0.05, 0) is 17.9 Å². The molecule has 0 saturated heterocycles. The van der Waals surface area contributed by atoms with Crippen LogP contribution in [-0.4, -0.2) is 32.7 Å². The van der Waals surface area contributed by atoms with Crippen LogP contribution < -0.4 is 15.8 Å². The normalized spacial score (nSPS) is 12.1. The number of anilines is 2. The van der Waals surface area contributed by atoms with Crippen LogP contribution in [0.25, 0.3) is 10.8 Å². The van der Waals surface area contributed by atoms with Crippen LogP contribution in [0.3, 0.4) is 0 Å². The molecule has 0 unspecified atom stereocenters. The van der Waals surface area contributed by atoms with Gasteiger partial charge in [0.1, 0.15) is 6.61 Å². The molecule has 0 saturated carbocycles.